The van der Waals surface area contributed by atoms with Crippen molar-refractivity contribution in [3.05, 3.63) is 29.8 Å². The number of rotatable bonds is 5. The van der Waals surface area contributed by atoms with Gasteiger partial charge in [-0.05, 0) is 32.8 Å². The molecule has 1 aromatic carbocycles. The third kappa shape index (κ3) is 4.42. The van der Waals surface area contributed by atoms with E-state index < -0.39 is 0 Å². The summed E-state index contributed by atoms with van der Waals surface area (Å²) >= 11 is 1.46. The van der Waals surface area contributed by atoms with E-state index in [2.05, 4.69) is 34.6 Å². The van der Waals surface area contributed by atoms with E-state index in [9.17, 15) is 4.79 Å². The Labute approximate surface area is 153 Å². The van der Waals surface area contributed by atoms with Crippen LogP contribution in [0.3, 0.4) is 0 Å². The molecular formula is C19H26N4OS. The third-order valence-electron chi connectivity index (χ3n) is 4.71. The minimum atomic E-state index is -0.185. The second kappa shape index (κ2) is 8.04. The quantitative estimate of drug-likeness (QED) is 0.828. The van der Waals surface area contributed by atoms with Crippen LogP contribution < -0.4 is 5.32 Å². The van der Waals surface area contributed by atoms with Gasteiger partial charge in [-0.1, -0.05) is 54.8 Å². The molecule has 2 aromatic rings. The number of amides is 1. The van der Waals surface area contributed by atoms with Crippen molar-refractivity contribution in [1.29, 1.82) is 0 Å². The van der Waals surface area contributed by atoms with Gasteiger partial charge in [-0.2, -0.15) is 0 Å². The summed E-state index contributed by atoms with van der Waals surface area (Å²) in [6, 6.07) is 8.55. The molecule has 134 valence electrons. The van der Waals surface area contributed by atoms with Crippen LogP contribution in [0.4, 0.5) is 0 Å². The Hall–Kier alpha value is -1.82. The van der Waals surface area contributed by atoms with Gasteiger partial charge in [-0.15, -0.1) is 10.2 Å². The number of nitrogens with one attached hydrogen (secondary N) is 1. The Morgan fingerprint density at radius 2 is 2.04 bits per heavy atom. The fourth-order valence-electron chi connectivity index (χ4n) is 3.23. The van der Waals surface area contributed by atoms with E-state index in [-0.39, 0.29) is 11.2 Å². The van der Waals surface area contributed by atoms with Crippen LogP contribution >= 0.6 is 11.8 Å². The average molecular weight is 359 g/mol. The first-order chi connectivity index (χ1) is 12.0. The van der Waals surface area contributed by atoms with Gasteiger partial charge in [0, 0.05) is 18.7 Å². The summed E-state index contributed by atoms with van der Waals surface area (Å²) in [6.07, 6.45) is 5.93. The van der Waals surface area contributed by atoms with Gasteiger partial charge in [0.05, 0.1) is 5.25 Å². The van der Waals surface area contributed by atoms with Crippen LogP contribution in [0.1, 0.15) is 44.6 Å². The molecule has 25 heavy (non-hydrogen) atoms. The molecule has 1 aliphatic rings. The van der Waals surface area contributed by atoms with Crippen molar-refractivity contribution in [3.8, 4) is 11.4 Å². The molecule has 6 heteroatoms. The molecule has 0 bridgehead atoms. The van der Waals surface area contributed by atoms with Gasteiger partial charge in [0.25, 0.3) is 0 Å². The Bertz CT molecular complexity index is 737. The van der Waals surface area contributed by atoms with Crippen LogP contribution in [0.15, 0.2) is 29.4 Å². The summed E-state index contributed by atoms with van der Waals surface area (Å²) in [4.78, 5) is 12.5. The van der Waals surface area contributed by atoms with Crippen LogP contribution in [0.5, 0.6) is 0 Å². The van der Waals surface area contributed by atoms with Gasteiger partial charge >= 0.3 is 0 Å². The first kappa shape index (κ1) is 18.0. The molecule has 1 aromatic heterocycles. The normalized spacial score (nSPS) is 16.6. The number of thioether (sulfide) groups is 1. The van der Waals surface area contributed by atoms with Crippen LogP contribution in [-0.4, -0.2) is 32.0 Å². The van der Waals surface area contributed by atoms with Crippen LogP contribution in [0.2, 0.25) is 0 Å². The zero-order valence-electron chi connectivity index (χ0n) is 15.2. The molecular weight excluding hydrogens is 332 g/mol. The molecule has 1 saturated carbocycles. The standard InChI is InChI=1S/C19H26N4OS/c1-13-8-7-9-15(12-13)17-21-22-19(23(17)3)25-14(2)18(24)20-16-10-5-4-6-11-16/h7-9,12,14,16H,4-6,10-11H2,1-3H3,(H,20,24). The molecule has 1 atom stereocenters. The molecule has 1 fully saturated rings. The Balaban J connectivity index is 1.65. The highest BCUT2D eigenvalue weighted by atomic mass is 32.2. The van der Waals surface area contributed by atoms with Crippen LogP contribution in [0.25, 0.3) is 11.4 Å². The maximum atomic E-state index is 12.5. The molecule has 1 unspecified atom stereocenters. The zero-order valence-corrected chi connectivity index (χ0v) is 16.0. The molecule has 0 saturated heterocycles. The van der Waals surface area contributed by atoms with E-state index >= 15 is 0 Å². The topological polar surface area (TPSA) is 59.8 Å². The highest BCUT2D eigenvalue weighted by molar-refractivity contribution is 8.00. The van der Waals surface area contributed by atoms with Crippen molar-refractivity contribution in [1.82, 2.24) is 20.1 Å². The average Bonchev–Trinajstić information content (AvgIpc) is 2.96. The Kier molecular flexibility index (Phi) is 5.78. The van der Waals surface area contributed by atoms with E-state index in [1.165, 1.54) is 36.6 Å². The smallest absolute Gasteiger partial charge is 0.233 e. The number of carbonyl (C=O) groups excluding carboxylic acids is 1. The highest BCUT2D eigenvalue weighted by Gasteiger charge is 2.22. The van der Waals surface area contributed by atoms with Gasteiger partial charge < -0.3 is 9.88 Å². The molecule has 5 nitrogen and oxygen atoms in total. The summed E-state index contributed by atoms with van der Waals surface area (Å²) in [5.41, 5.74) is 2.23. The van der Waals surface area contributed by atoms with Gasteiger partial charge in [0.15, 0.2) is 11.0 Å². The lowest BCUT2D eigenvalue weighted by Gasteiger charge is -2.24. The number of carbonyl (C=O) groups is 1. The molecule has 0 spiro atoms. The molecule has 1 N–H and O–H groups in total. The number of hydrogen-bond acceptors (Lipinski definition) is 4. The van der Waals surface area contributed by atoms with Crippen molar-refractivity contribution < 1.29 is 4.79 Å². The first-order valence-corrected chi connectivity index (χ1v) is 9.86. The third-order valence-corrected chi connectivity index (χ3v) is 5.85. The first-order valence-electron chi connectivity index (χ1n) is 8.98. The van der Waals surface area contributed by atoms with Crippen LogP contribution in [-0.2, 0) is 11.8 Å². The van der Waals surface area contributed by atoms with E-state index in [1.54, 1.807) is 0 Å². The van der Waals surface area contributed by atoms with Crippen molar-refractivity contribution in [2.45, 2.75) is 62.4 Å². The lowest BCUT2D eigenvalue weighted by molar-refractivity contribution is -0.121. The molecule has 0 radical (unpaired) electrons. The number of aromatic nitrogens is 3. The fraction of sp³-hybridized carbons (Fsp3) is 0.526. The van der Waals surface area contributed by atoms with Crippen molar-refractivity contribution >= 4 is 17.7 Å². The Morgan fingerprint density at radius 3 is 2.76 bits per heavy atom. The fourth-order valence-corrected chi connectivity index (χ4v) is 4.05. The lowest BCUT2D eigenvalue weighted by atomic mass is 9.95. The minimum Gasteiger partial charge on any atom is -0.352 e. The van der Waals surface area contributed by atoms with Crippen molar-refractivity contribution in [2.24, 2.45) is 7.05 Å². The second-order valence-corrected chi connectivity index (χ2v) is 8.15. The van der Waals surface area contributed by atoms with Crippen molar-refractivity contribution in [2.75, 3.05) is 0 Å². The van der Waals surface area contributed by atoms with Crippen LogP contribution in [0, 0.1) is 6.92 Å². The predicted molar refractivity (Wildman–Crippen MR) is 102 cm³/mol. The minimum absolute atomic E-state index is 0.0944. The summed E-state index contributed by atoms with van der Waals surface area (Å²) < 4.78 is 1.96. The van der Waals surface area contributed by atoms with E-state index in [4.69, 9.17) is 0 Å². The number of benzene rings is 1. The van der Waals surface area contributed by atoms with Gasteiger partial charge in [0.2, 0.25) is 5.91 Å². The molecule has 1 amide bonds. The largest absolute Gasteiger partial charge is 0.352 e. The predicted octanol–water partition coefficient (Wildman–Crippen LogP) is 3.72. The van der Waals surface area contributed by atoms with E-state index in [0.29, 0.717) is 6.04 Å². The van der Waals surface area contributed by atoms with Gasteiger partial charge in [0.1, 0.15) is 0 Å². The summed E-state index contributed by atoms with van der Waals surface area (Å²) in [6.45, 7) is 4.00. The second-order valence-electron chi connectivity index (χ2n) is 6.84. The summed E-state index contributed by atoms with van der Waals surface area (Å²) in [5.74, 6) is 0.920. The Morgan fingerprint density at radius 1 is 1.28 bits per heavy atom. The maximum absolute atomic E-state index is 12.5. The number of nitrogens with zero attached hydrogens (tertiary/aromatic N) is 3. The monoisotopic (exact) mass is 358 g/mol. The highest BCUT2D eigenvalue weighted by Crippen LogP contribution is 2.26. The van der Waals surface area contributed by atoms with Gasteiger partial charge in [-0.25, -0.2) is 0 Å². The van der Waals surface area contributed by atoms with Gasteiger partial charge in [-0.3, -0.25) is 4.79 Å². The summed E-state index contributed by atoms with van der Waals surface area (Å²) in [7, 11) is 1.95. The maximum Gasteiger partial charge on any atom is 0.233 e. The molecule has 3 rings (SSSR count). The molecule has 1 heterocycles. The van der Waals surface area contributed by atoms with E-state index in [0.717, 1.165) is 29.4 Å². The lowest BCUT2D eigenvalue weighted by Crippen LogP contribution is -2.40. The number of aryl methyl sites for hydroxylation is 1. The zero-order chi connectivity index (χ0) is 17.8. The van der Waals surface area contributed by atoms with E-state index in [1.807, 2.05) is 30.7 Å². The summed E-state index contributed by atoms with van der Waals surface area (Å²) in [5, 5.41) is 12.4. The number of hydrogen-bond donors (Lipinski definition) is 1. The van der Waals surface area contributed by atoms with Crippen molar-refractivity contribution in [3.63, 3.8) is 0 Å². The molecule has 0 aliphatic heterocycles. The SMILES string of the molecule is Cc1cccc(-c2nnc(SC(C)C(=O)NC3CCCCC3)n2C)c1. The molecule has 1 aliphatic carbocycles.